The number of piperidine rings is 1. The molecular weight excluding hydrogens is 320 g/mol. The van der Waals surface area contributed by atoms with Gasteiger partial charge in [0.05, 0.1) is 36.6 Å². The molecule has 0 aromatic carbocycles. The van der Waals surface area contributed by atoms with Crippen LogP contribution >= 0.6 is 0 Å². The molecule has 0 saturated carbocycles. The smallest absolute Gasteiger partial charge is 0.271 e. The molecule has 1 N–H and O–H groups in total. The van der Waals surface area contributed by atoms with Gasteiger partial charge in [-0.1, -0.05) is 0 Å². The third-order valence-corrected chi connectivity index (χ3v) is 4.76. The van der Waals surface area contributed by atoms with Gasteiger partial charge in [-0.2, -0.15) is 0 Å². The van der Waals surface area contributed by atoms with Crippen LogP contribution in [0.4, 0.5) is 0 Å². The average molecular weight is 344 g/mol. The second-order valence-corrected chi connectivity index (χ2v) is 6.80. The lowest BCUT2D eigenvalue weighted by molar-refractivity contribution is -0.136. The number of carbonyl (C=O) groups is 2. The van der Waals surface area contributed by atoms with E-state index in [4.69, 9.17) is 0 Å². The van der Waals surface area contributed by atoms with Crippen LogP contribution in [0.3, 0.4) is 0 Å². The minimum atomic E-state index is -0.245. The third-order valence-electron chi connectivity index (χ3n) is 4.76. The Morgan fingerprint density at radius 1 is 1.32 bits per heavy atom. The number of amides is 2. The van der Waals surface area contributed by atoms with Crippen LogP contribution in [0.2, 0.25) is 0 Å². The van der Waals surface area contributed by atoms with Gasteiger partial charge in [0.1, 0.15) is 5.69 Å². The van der Waals surface area contributed by atoms with Crippen molar-refractivity contribution in [2.75, 3.05) is 7.05 Å². The van der Waals surface area contributed by atoms with Crippen LogP contribution in [0.5, 0.6) is 0 Å². The lowest BCUT2D eigenvalue weighted by Gasteiger charge is -2.39. The molecule has 2 aromatic heterocycles. The zero-order chi connectivity index (χ0) is 18.1. The van der Waals surface area contributed by atoms with Crippen molar-refractivity contribution in [2.24, 2.45) is 7.05 Å². The summed E-state index contributed by atoms with van der Waals surface area (Å²) >= 11 is 0. The molecule has 8 heteroatoms. The van der Waals surface area contributed by atoms with Crippen molar-refractivity contribution in [2.45, 2.75) is 44.8 Å². The van der Waals surface area contributed by atoms with Crippen molar-refractivity contribution in [3.63, 3.8) is 0 Å². The summed E-state index contributed by atoms with van der Waals surface area (Å²) in [6, 6.07) is -0.186. The van der Waals surface area contributed by atoms with Gasteiger partial charge in [0.15, 0.2) is 0 Å². The topological polar surface area (TPSA) is 85.1 Å². The lowest BCUT2D eigenvalue weighted by atomic mass is 9.93. The molecule has 0 aliphatic carbocycles. The standard InChI is InChI=1S/C17H24N6O2/c1-11(2)23-8-13(19-10-23)17(25)20-12-5-6-15(24)22(4)16(12)14-7-18-9-21(14)3/h7-12,16H,5-6H2,1-4H3,(H,20,25)/t12-,16-/m1/s1. The third kappa shape index (κ3) is 3.29. The highest BCUT2D eigenvalue weighted by Gasteiger charge is 2.37. The quantitative estimate of drug-likeness (QED) is 0.906. The second-order valence-electron chi connectivity index (χ2n) is 6.80. The van der Waals surface area contributed by atoms with Gasteiger partial charge in [0, 0.05) is 32.8 Å². The van der Waals surface area contributed by atoms with Crippen LogP contribution in [-0.4, -0.2) is 48.9 Å². The summed E-state index contributed by atoms with van der Waals surface area (Å²) in [5.74, 6) is -0.153. The van der Waals surface area contributed by atoms with E-state index in [1.807, 2.05) is 30.0 Å². The fraction of sp³-hybridized carbons (Fsp3) is 0.529. The molecule has 2 amide bonds. The van der Waals surface area contributed by atoms with Crippen LogP contribution in [-0.2, 0) is 11.8 Å². The van der Waals surface area contributed by atoms with Crippen LogP contribution < -0.4 is 5.32 Å². The predicted octanol–water partition coefficient (Wildman–Crippen LogP) is 1.29. The number of likely N-dealkylation sites (N-methyl/N-ethyl adjacent to an activating group) is 1. The van der Waals surface area contributed by atoms with Gasteiger partial charge in [-0.05, 0) is 20.3 Å². The Kier molecular flexibility index (Phi) is 4.61. The Bertz CT molecular complexity index is 778. The van der Waals surface area contributed by atoms with Crippen molar-refractivity contribution in [1.29, 1.82) is 0 Å². The number of hydrogen-bond donors (Lipinski definition) is 1. The maximum atomic E-state index is 12.6. The van der Waals surface area contributed by atoms with E-state index in [1.54, 1.807) is 37.0 Å². The Morgan fingerprint density at radius 3 is 2.68 bits per heavy atom. The Hall–Kier alpha value is -2.64. The van der Waals surface area contributed by atoms with Gasteiger partial charge < -0.3 is 19.4 Å². The molecule has 134 valence electrons. The van der Waals surface area contributed by atoms with E-state index >= 15 is 0 Å². The fourth-order valence-corrected chi connectivity index (χ4v) is 3.23. The highest BCUT2D eigenvalue weighted by molar-refractivity contribution is 5.92. The Labute approximate surface area is 146 Å². The van der Waals surface area contributed by atoms with Gasteiger partial charge in [0.2, 0.25) is 5.91 Å². The number of imidazole rings is 2. The largest absolute Gasteiger partial charge is 0.345 e. The van der Waals surface area contributed by atoms with Crippen LogP contribution in [0, 0.1) is 0 Å². The van der Waals surface area contributed by atoms with Crippen molar-refractivity contribution in [3.8, 4) is 0 Å². The molecule has 0 spiro atoms. The predicted molar refractivity (Wildman–Crippen MR) is 91.8 cm³/mol. The summed E-state index contributed by atoms with van der Waals surface area (Å²) in [6.45, 7) is 4.06. The number of aromatic nitrogens is 4. The fourth-order valence-electron chi connectivity index (χ4n) is 3.23. The summed E-state index contributed by atoms with van der Waals surface area (Å²) < 4.78 is 3.77. The number of nitrogens with zero attached hydrogens (tertiary/aromatic N) is 5. The first-order valence-electron chi connectivity index (χ1n) is 8.44. The molecule has 2 atom stereocenters. The summed E-state index contributed by atoms with van der Waals surface area (Å²) in [7, 11) is 3.66. The molecule has 1 aliphatic rings. The first kappa shape index (κ1) is 17.2. The second kappa shape index (κ2) is 6.70. The van der Waals surface area contributed by atoms with E-state index in [1.165, 1.54) is 0 Å². The molecule has 0 radical (unpaired) electrons. The molecule has 0 unspecified atom stereocenters. The zero-order valence-corrected chi connectivity index (χ0v) is 15.0. The van der Waals surface area contributed by atoms with E-state index in [9.17, 15) is 9.59 Å². The molecule has 3 heterocycles. The van der Waals surface area contributed by atoms with Gasteiger partial charge in [-0.15, -0.1) is 0 Å². The van der Waals surface area contributed by atoms with Gasteiger partial charge in [-0.25, -0.2) is 9.97 Å². The maximum Gasteiger partial charge on any atom is 0.271 e. The maximum absolute atomic E-state index is 12.6. The molecule has 3 rings (SSSR count). The van der Waals surface area contributed by atoms with E-state index in [-0.39, 0.29) is 29.9 Å². The summed E-state index contributed by atoms with van der Waals surface area (Å²) in [5.41, 5.74) is 1.28. The summed E-state index contributed by atoms with van der Waals surface area (Å²) in [4.78, 5) is 34.8. The van der Waals surface area contributed by atoms with Crippen molar-refractivity contribution in [1.82, 2.24) is 29.3 Å². The number of aryl methyl sites for hydroxylation is 1. The minimum absolute atomic E-state index is 0.0702. The van der Waals surface area contributed by atoms with Crippen molar-refractivity contribution in [3.05, 3.63) is 36.4 Å². The molecule has 25 heavy (non-hydrogen) atoms. The van der Waals surface area contributed by atoms with Gasteiger partial charge >= 0.3 is 0 Å². The lowest BCUT2D eigenvalue weighted by Crippen LogP contribution is -2.51. The highest BCUT2D eigenvalue weighted by Crippen LogP contribution is 2.30. The molecule has 1 fully saturated rings. The van der Waals surface area contributed by atoms with E-state index in [0.29, 0.717) is 18.5 Å². The van der Waals surface area contributed by atoms with Crippen LogP contribution in [0.15, 0.2) is 25.0 Å². The highest BCUT2D eigenvalue weighted by atomic mass is 16.2. The van der Waals surface area contributed by atoms with E-state index in [2.05, 4.69) is 15.3 Å². The van der Waals surface area contributed by atoms with Crippen molar-refractivity contribution >= 4 is 11.8 Å². The Balaban J connectivity index is 1.82. The van der Waals surface area contributed by atoms with Crippen LogP contribution in [0.25, 0.3) is 0 Å². The average Bonchev–Trinajstić information content (AvgIpc) is 3.21. The van der Waals surface area contributed by atoms with Gasteiger partial charge in [0.25, 0.3) is 5.91 Å². The molecule has 0 bridgehead atoms. The van der Waals surface area contributed by atoms with Gasteiger partial charge in [-0.3, -0.25) is 9.59 Å². The molecule has 2 aromatic rings. The molecule has 1 aliphatic heterocycles. The minimum Gasteiger partial charge on any atom is -0.345 e. The summed E-state index contributed by atoms with van der Waals surface area (Å²) in [5, 5.41) is 3.05. The van der Waals surface area contributed by atoms with E-state index < -0.39 is 0 Å². The first-order valence-corrected chi connectivity index (χ1v) is 8.44. The number of carbonyl (C=O) groups excluding carboxylic acids is 2. The first-order chi connectivity index (χ1) is 11.9. The summed E-state index contributed by atoms with van der Waals surface area (Å²) in [6.07, 6.45) is 7.86. The van der Waals surface area contributed by atoms with Crippen LogP contribution in [0.1, 0.15) is 55.0 Å². The monoisotopic (exact) mass is 344 g/mol. The SMILES string of the molecule is CC(C)n1cnc(C(=O)N[C@@H]2CCC(=O)N(C)[C@H]2c2cncn2C)c1. The zero-order valence-electron chi connectivity index (χ0n) is 15.0. The van der Waals surface area contributed by atoms with E-state index in [0.717, 1.165) is 5.69 Å². The number of hydrogen-bond acceptors (Lipinski definition) is 4. The molecular formula is C17H24N6O2. The normalized spacial score (nSPS) is 21.0. The number of likely N-dealkylation sites (tertiary alicyclic amines) is 1. The number of nitrogens with one attached hydrogen (secondary N) is 1. The Morgan fingerprint density at radius 2 is 2.08 bits per heavy atom. The number of rotatable bonds is 4. The molecule has 1 saturated heterocycles. The molecule has 8 nitrogen and oxygen atoms in total. The van der Waals surface area contributed by atoms with Crippen molar-refractivity contribution < 1.29 is 9.59 Å².